The lowest BCUT2D eigenvalue weighted by atomic mass is 10.3. The lowest BCUT2D eigenvalue weighted by Gasteiger charge is -2.16. The largest absolute Gasteiger partial charge is 0.354 e. The van der Waals surface area contributed by atoms with Crippen LogP contribution < -0.4 is 9.57 Å². The molecule has 6 nitrogen and oxygen atoms in total. The highest BCUT2D eigenvalue weighted by atomic mass is 35.5. The molecule has 0 fully saturated rings. The Labute approximate surface area is 134 Å². The molecule has 1 aromatic carbocycles. The van der Waals surface area contributed by atoms with Gasteiger partial charge in [0.2, 0.25) is 0 Å². The number of nitro benzene ring substituents is 1. The maximum atomic E-state index is 10.8. The van der Waals surface area contributed by atoms with Gasteiger partial charge in [0.25, 0.3) is 5.69 Å². The Morgan fingerprint density at radius 3 is 2.76 bits per heavy atom. The first kappa shape index (κ1) is 15.9. The second kappa shape index (κ2) is 6.97. The fraction of sp³-hybridized carbons (Fsp3) is 0.333. The van der Waals surface area contributed by atoms with Gasteiger partial charge in [-0.2, -0.15) is 4.37 Å². The van der Waals surface area contributed by atoms with Crippen molar-refractivity contribution in [2.75, 3.05) is 18.0 Å². The van der Waals surface area contributed by atoms with E-state index in [1.165, 1.54) is 39.1 Å². The minimum absolute atomic E-state index is 0.0317. The Kier molecular flexibility index (Phi) is 5.27. The third kappa shape index (κ3) is 3.58. The molecule has 0 amide bonds. The fourth-order valence-electron chi connectivity index (χ4n) is 1.76. The predicted molar refractivity (Wildman–Crippen MR) is 86.9 cm³/mol. The summed E-state index contributed by atoms with van der Waals surface area (Å²) in [7, 11) is 2.76. The van der Waals surface area contributed by atoms with E-state index in [4.69, 9.17) is 11.6 Å². The summed E-state index contributed by atoms with van der Waals surface area (Å²) in [4.78, 5) is 16.9. The Hall–Kier alpha value is -1.51. The van der Waals surface area contributed by atoms with E-state index >= 15 is 0 Å². The number of benzene rings is 1. The smallest absolute Gasteiger partial charge is 0.271 e. The van der Waals surface area contributed by atoms with Gasteiger partial charge in [0.15, 0.2) is 10.5 Å². The van der Waals surface area contributed by atoms with Gasteiger partial charge in [-0.3, -0.25) is 10.1 Å². The maximum absolute atomic E-state index is 10.8. The van der Waals surface area contributed by atoms with Crippen LogP contribution in [0.4, 0.5) is 17.2 Å². The topological polar surface area (TPSA) is 71.6 Å². The fourth-order valence-corrected chi connectivity index (χ4v) is 3.61. The molecular weight excluding hydrogens is 332 g/mol. The van der Waals surface area contributed by atoms with E-state index < -0.39 is 4.92 Å². The lowest BCUT2D eigenvalue weighted by molar-refractivity contribution is -0.384. The Balaban J connectivity index is 2.52. The van der Waals surface area contributed by atoms with Crippen molar-refractivity contribution in [3.8, 4) is 0 Å². The average Bonchev–Trinajstić information content (AvgIpc) is 2.91. The van der Waals surface area contributed by atoms with Crippen LogP contribution in [0.25, 0.3) is 0 Å². The van der Waals surface area contributed by atoms with Crippen LogP contribution in [0.1, 0.15) is 13.8 Å². The van der Waals surface area contributed by atoms with Gasteiger partial charge >= 0.3 is 0 Å². The number of non-ortho nitro benzene ring substituents is 1. The summed E-state index contributed by atoms with van der Waals surface area (Å²) in [6.45, 7) is 5.71. The highest BCUT2D eigenvalue weighted by molar-refractivity contribution is 7.66. The van der Waals surface area contributed by atoms with E-state index in [1.807, 2.05) is 13.8 Å². The molecule has 0 atom stereocenters. The van der Waals surface area contributed by atoms with Gasteiger partial charge in [0.05, 0.1) is 15.6 Å². The molecule has 112 valence electrons. The van der Waals surface area contributed by atoms with Crippen LogP contribution in [0.5, 0.6) is 0 Å². The van der Waals surface area contributed by atoms with Crippen molar-refractivity contribution < 1.29 is 4.92 Å². The molecule has 0 bridgehead atoms. The standard InChI is InChI=1S/C12H13ClN4O2S2/c1-3-16(4-2)11-12(20-21-15-11)14-10-7-8(17(18)19)5-6-9(10)13/h5-7H,3-4H2,1-2H3. The van der Waals surface area contributed by atoms with Crippen LogP contribution in [0.2, 0.25) is 5.02 Å². The van der Waals surface area contributed by atoms with Gasteiger partial charge < -0.3 is 4.90 Å². The molecule has 1 aromatic heterocycles. The van der Waals surface area contributed by atoms with Gasteiger partial charge in [-0.05, 0) is 30.3 Å². The minimum atomic E-state index is -0.462. The normalized spacial score (nSPS) is 11.7. The quantitative estimate of drug-likeness (QED) is 0.469. The molecule has 0 saturated heterocycles. The number of hydrogen-bond acceptors (Lipinski definition) is 7. The van der Waals surface area contributed by atoms with Gasteiger partial charge in [-0.25, -0.2) is 4.99 Å². The zero-order valence-electron chi connectivity index (χ0n) is 11.4. The van der Waals surface area contributed by atoms with Crippen molar-refractivity contribution >= 4 is 49.7 Å². The molecule has 9 heteroatoms. The molecule has 0 spiro atoms. The van der Waals surface area contributed by atoms with Gasteiger partial charge in [0, 0.05) is 35.8 Å². The third-order valence-corrected chi connectivity index (χ3v) is 4.85. The SMILES string of the molecule is CCN(CC)c1nssc1=Nc1cc([N+](=O)[O-])ccc1Cl. The maximum Gasteiger partial charge on any atom is 0.271 e. The van der Waals surface area contributed by atoms with Gasteiger partial charge in [-0.15, -0.1) is 0 Å². The monoisotopic (exact) mass is 344 g/mol. The Morgan fingerprint density at radius 1 is 1.43 bits per heavy atom. The summed E-state index contributed by atoms with van der Waals surface area (Å²) in [6.07, 6.45) is 0. The first-order valence-electron chi connectivity index (χ1n) is 6.26. The van der Waals surface area contributed by atoms with Crippen molar-refractivity contribution in [2.24, 2.45) is 4.99 Å². The summed E-state index contributed by atoms with van der Waals surface area (Å²) in [5.41, 5.74) is 0.353. The molecule has 0 aliphatic carbocycles. The molecule has 0 radical (unpaired) electrons. The van der Waals surface area contributed by atoms with Crippen LogP contribution in [0, 0.1) is 10.1 Å². The number of aromatic nitrogens is 1. The van der Waals surface area contributed by atoms with E-state index in [0.717, 1.165) is 18.9 Å². The highest BCUT2D eigenvalue weighted by Gasteiger charge is 2.12. The summed E-state index contributed by atoms with van der Waals surface area (Å²) >= 11 is 6.08. The van der Waals surface area contributed by atoms with E-state index in [0.29, 0.717) is 15.4 Å². The van der Waals surface area contributed by atoms with Gasteiger partial charge in [0.1, 0.15) is 0 Å². The van der Waals surface area contributed by atoms with E-state index in [-0.39, 0.29) is 5.69 Å². The molecule has 0 saturated carbocycles. The molecule has 1 heterocycles. The molecular formula is C12H13ClN4O2S2. The zero-order valence-corrected chi connectivity index (χ0v) is 13.8. The minimum Gasteiger partial charge on any atom is -0.354 e. The molecule has 2 rings (SSSR count). The molecule has 0 aliphatic heterocycles. The molecule has 2 aromatic rings. The Morgan fingerprint density at radius 2 is 2.14 bits per heavy atom. The average molecular weight is 345 g/mol. The van der Waals surface area contributed by atoms with E-state index in [9.17, 15) is 10.1 Å². The lowest BCUT2D eigenvalue weighted by Crippen LogP contribution is -2.26. The first-order valence-corrected chi connectivity index (χ1v) is 8.74. The number of nitro groups is 1. The summed E-state index contributed by atoms with van der Waals surface area (Å²) in [6, 6.07) is 4.22. The highest BCUT2D eigenvalue weighted by Crippen LogP contribution is 2.29. The van der Waals surface area contributed by atoms with Gasteiger partial charge in [-0.1, -0.05) is 11.6 Å². The number of rotatable bonds is 5. The third-order valence-electron chi connectivity index (χ3n) is 2.86. The number of hydrogen-bond donors (Lipinski definition) is 0. The second-order valence-corrected chi connectivity index (χ2v) is 6.29. The van der Waals surface area contributed by atoms with Crippen molar-refractivity contribution in [3.63, 3.8) is 0 Å². The van der Waals surface area contributed by atoms with Crippen LogP contribution in [0.3, 0.4) is 0 Å². The molecule has 0 N–H and O–H groups in total. The van der Waals surface area contributed by atoms with Crippen molar-refractivity contribution in [1.29, 1.82) is 0 Å². The second-order valence-electron chi connectivity index (χ2n) is 4.05. The van der Waals surface area contributed by atoms with Crippen LogP contribution in [0.15, 0.2) is 23.2 Å². The summed E-state index contributed by atoms with van der Waals surface area (Å²) in [5.74, 6) is 0.789. The number of nitrogens with zero attached hydrogens (tertiary/aromatic N) is 4. The van der Waals surface area contributed by atoms with Crippen LogP contribution in [-0.2, 0) is 0 Å². The summed E-state index contributed by atoms with van der Waals surface area (Å²) < 4.78 is 5.07. The number of halogens is 1. The van der Waals surface area contributed by atoms with Crippen molar-refractivity contribution in [1.82, 2.24) is 4.37 Å². The molecule has 21 heavy (non-hydrogen) atoms. The molecule has 0 aliphatic rings. The zero-order chi connectivity index (χ0) is 15.4. The predicted octanol–water partition coefficient (Wildman–Crippen LogP) is 3.84. The van der Waals surface area contributed by atoms with Crippen molar-refractivity contribution in [2.45, 2.75) is 13.8 Å². The van der Waals surface area contributed by atoms with Crippen molar-refractivity contribution in [3.05, 3.63) is 38.0 Å². The first-order chi connectivity index (χ1) is 10.1. The number of anilines is 1. The Bertz CT molecular complexity index is 709. The van der Waals surface area contributed by atoms with Crippen LogP contribution in [-0.4, -0.2) is 22.4 Å². The summed E-state index contributed by atoms with van der Waals surface area (Å²) in [5, 5.41) is 11.2. The van der Waals surface area contributed by atoms with E-state index in [1.54, 1.807) is 0 Å². The van der Waals surface area contributed by atoms with E-state index in [2.05, 4.69) is 14.3 Å². The van der Waals surface area contributed by atoms with Crippen LogP contribution >= 0.6 is 32.5 Å². The molecule has 0 unspecified atom stereocenters.